The third-order valence-electron chi connectivity index (χ3n) is 7.31. The lowest BCUT2D eigenvalue weighted by atomic mass is 10.2. The highest BCUT2D eigenvalue weighted by molar-refractivity contribution is 6.12. The first-order valence-electron chi connectivity index (χ1n) is 14.0. The summed E-state index contributed by atoms with van der Waals surface area (Å²) in [6.45, 7) is 3.27. The largest absolute Gasteiger partial charge is 0.457 e. The highest BCUT2D eigenvalue weighted by atomic mass is 16.5. The van der Waals surface area contributed by atoms with Crippen molar-refractivity contribution in [1.29, 1.82) is 0 Å². The first-order valence-corrected chi connectivity index (χ1v) is 14.0. The summed E-state index contributed by atoms with van der Waals surface area (Å²) >= 11 is 0. The second-order valence-electron chi connectivity index (χ2n) is 10.1. The molecule has 0 saturated carbocycles. The van der Waals surface area contributed by atoms with Gasteiger partial charge in [0.1, 0.15) is 30.7 Å². The van der Waals surface area contributed by atoms with Gasteiger partial charge in [-0.05, 0) is 55.5 Å². The minimum Gasteiger partial charge on any atom is -0.457 e. The fraction of sp³-hybridized carbons (Fsp3) is 0.0857. The van der Waals surface area contributed by atoms with E-state index in [0.717, 1.165) is 51.5 Å². The second kappa shape index (κ2) is 11.1. The lowest BCUT2D eigenvalue weighted by molar-refractivity contribution is 0.482. The molecule has 0 aliphatic carbocycles. The highest BCUT2D eigenvalue weighted by Crippen LogP contribution is 2.33. The molecule has 0 saturated heterocycles. The summed E-state index contributed by atoms with van der Waals surface area (Å²) in [5.41, 5.74) is 5.21. The summed E-state index contributed by atoms with van der Waals surface area (Å²) in [5.74, 6) is 3.35. The maximum Gasteiger partial charge on any atom is 0.162 e. The highest BCUT2D eigenvalue weighted by Gasteiger charge is 2.27. The van der Waals surface area contributed by atoms with Crippen LogP contribution in [0.5, 0.6) is 11.5 Å². The zero-order valence-corrected chi connectivity index (χ0v) is 23.3. The molecule has 0 spiro atoms. The van der Waals surface area contributed by atoms with Gasteiger partial charge in [-0.1, -0.05) is 78.9 Å². The fourth-order valence-electron chi connectivity index (χ4n) is 5.22. The van der Waals surface area contributed by atoms with Crippen LogP contribution in [0.25, 0.3) is 0 Å². The van der Waals surface area contributed by atoms with Crippen LogP contribution in [0.3, 0.4) is 0 Å². The van der Waals surface area contributed by atoms with E-state index in [1.165, 1.54) is 0 Å². The molecule has 5 aromatic carbocycles. The van der Waals surface area contributed by atoms with E-state index >= 15 is 0 Å². The Labute approximate surface area is 245 Å². The third kappa shape index (κ3) is 5.15. The molecule has 206 valence electrons. The number of hydrogen-bond acceptors (Lipinski definition) is 7. The van der Waals surface area contributed by atoms with Crippen molar-refractivity contribution in [2.75, 3.05) is 33.2 Å². The SMILES string of the molecule is CC1=NN(c2cccc(Oc3cccc(N4CN(c5ccccc5)C(c5ccccc5)=N4)c3)c2)CN1c1ccccc1. The van der Waals surface area contributed by atoms with Crippen LogP contribution in [-0.2, 0) is 0 Å². The lowest BCUT2D eigenvalue weighted by Crippen LogP contribution is -2.31. The van der Waals surface area contributed by atoms with Crippen LogP contribution in [0.4, 0.5) is 22.7 Å². The van der Waals surface area contributed by atoms with Crippen molar-refractivity contribution in [3.05, 3.63) is 145 Å². The molecular weight excluding hydrogens is 520 g/mol. The number of nitrogens with zero attached hydrogens (tertiary/aromatic N) is 6. The molecule has 7 rings (SSSR count). The van der Waals surface area contributed by atoms with Crippen LogP contribution in [0.1, 0.15) is 12.5 Å². The molecule has 0 N–H and O–H groups in total. The summed E-state index contributed by atoms with van der Waals surface area (Å²) in [5, 5.41) is 13.8. The van der Waals surface area contributed by atoms with Crippen LogP contribution < -0.4 is 24.6 Å². The van der Waals surface area contributed by atoms with Gasteiger partial charge in [-0.3, -0.25) is 0 Å². The standard InChI is InChI=1S/C35H30N6O/c1-27-36-40(25-38(27)29-15-7-3-8-16-29)31-19-11-21-33(23-31)42-34-22-12-20-32(24-34)41-26-39(30-17-9-4-10-18-30)35(37-41)28-13-5-2-6-14-28/h2-24H,25-26H2,1H3. The van der Waals surface area contributed by atoms with Crippen molar-refractivity contribution in [3.63, 3.8) is 0 Å². The molecule has 2 heterocycles. The van der Waals surface area contributed by atoms with E-state index in [4.69, 9.17) is 14.9 Å². The molecule has 0 radical (unpaired) electrons. The summed E-state index contributed by atoms with van der Waals surface area (Å²) in [7, 11) is 0. The minimum absolute atomic E-state index is 0.595. The van der Waals surface area contributed by atoms with Crippen molar-refractivity contribution in [2.45, 2.75) is 6.92 Å². The van der Waals surface area contributed by atoms with E-state index in [9.17, 15) is 0 Å². The number of para-hydroxylation sites is 2. The number of hydrogen-bond donors (Lipinski definition) is 0. The number of benzene rings is 5. The Morgan fingerprint density at radius 1 is 0.500 bits per heavy atom. The average molecular weight is 551 g/mol. The third-order valence-corrected chi connectivity index (χ3v) is 7.31. The van der Waals surface area contributed by atoms with Crippen LogP contribution in [0.2, 0.25) is 0 Å². The number of rotatable bonds is 7. The average Bonchev–Trinajstić information content (AvgIpc) is 3.67. The second-order valence-corrected chi connectivity index (χ2v) is 10.1. The topological polar surface area (TPSA) is 46.9 Å². The van der Waals surface area contributed by atoms with E-state index in [1.807, 2.05) is 95.8 Å². The lowest BCUT2D eigenvalue weighted by Gasteiger charge is -2.22. The van der Waals surface area contributed by atoms with Crippen molar-refractivity contribution in [2.24, 2.45) is 10.2 Å². The Morgan fingerprint density at radius 2 is 0.976 bits per heavy atom. The molecule has 2 aliphatic rings. The molecule has 0 fully saturated rings. The Morgan fingerprint density at radius 3 is 1.57 bits per heavy atom. The number of amidine groups is 2. The quantitative estimate of drug-likeness (QED) is 0.207. The predicted octanol–water partition coefficient (Wildman–Crippen LogP) is 7.74. The van der Waals surface area contributed by atoms with Gasteiger partial charge in [0.15, 0.2) is 5.84 Å². The Hall–Kier alpha value is -5.56. The molecule has 42 heavy (non-hydrogen) atoms. The van der Waals surface area contributed by atoms with E-state index in [-0.39, 0.29) is 0 Å². The van der Waals surface area contributed by atoms with Gasteiger partial charge in [0.25, 0.3) is 0 Å². The van der Waals surface area contributed by atoms with Crippen LogP contribution in [-0.4, -0.2) is 25.0 Å². The fourth-order valence-corrected chi connectivity index (χ4v) is 5.22. The molecule has 0 atom stereocenters. The predicted molar refractivity (Wildman–Crippen MR) is 172 cm³/mol. The summed E-state index contributed by atoms with van der Waals surface area (Å²) in [6, 6.07) is 47.1. The van der Waals surface area contributed by atoms with Crippen LogP contribution in [0.15, 0.2) is 150 Å². The van der Waals surface area contributed by atoms with Crippen molar-refractivity contribution >= 4 is 34.4 Å². The molecule has 0 amide bonds. The van der Waals surface area contributed by atoms with Crippen molar-refractivity contribution < 1.29 is 4.74 Å². The van der Waals surface area contributed by atoms with E-state index in [1.54, 1.807) is 0 Å². The molecule has 5 aromatic rings. The van der Waals surface area contributed by atoms with E-state index < -0.39 is 0 Å². The zero-order chi connectivity index (χ0) is 28.3. The van der Waals surface area contributed by atoms with Crippen molar-refractivity contribution in [3.8, 4) is 11.5 Å². The maximum atomic E-state index is 6.36. The summed E-state index contributed by atoms with van der Waals surface area (Å²) in [6.07, 6.45) is 0. The summed E-state index contributed by atoms with van der Waals surface area (Å²) in [4.78, 5) is 4.42. The number of anilines is 4. The van der Waals surface area contributed by atoms with Gasteiger partial charge in [0.05, 0.1) is 11.4 Å². The van der Waals surface area contributed by atoms with Crippen molar-refractivity contribution in [1.82, 2.24) is 0 Å². The van der Waals surface area contributed by atoms with Gasteiger partial charge in [-0.2, -0.15) is 10.2 Å². The maximum absolute atomic E-state index is 6.36. The number of hydrazone groups is 2. The molecular formula is C35H30N6O. The molecule has 0 unspecified atom stereocenters. The van der Waals surface area contributed by atoms with E-state index in [2.05, 4.69) is 70.5 Å². The van der Waals surface area contributed by atoms with Crippen LogP contribution >= 0.6 is 0 Å². The monoisotopic (exact) mass is 550 g/mol. The smallest absolute Gasteiger partial charge is 0.162 e. The Balaban J connectivity index is 1.11. The normalized spacial score (nSPS) is 14.7. The molecule has 7 nitrogen and oxygen atoms in total. The molecule has 7 heteroatoms. The van der Waals surface area contributed by atoms with E-state index in [0.29, 0.717) is 13.3 Å². The molecule has 0 aromatic heterocycles. The zero-order valence-electron chi connectivity index (χ0n) is 23.3. The summed E-state index contributed by atoms with van der Waals surface area (Å²) < 4.78 is 6.36. The first kappa shape index (κ1) is 25.4. The van der Waals surface area contributed by atoms with Gasteiger partial charge in [0.2, 0.25) is 0 Å². The van der Waals surface area contributed by atoms with Gasteiger partial charge in [-0.25, -0.2) is 10.0 Å². The molecule has 2 aliphatic heterocycles. The Kier molecular flexibility index (Phi) is 6.74. The van der Waals surface area contributed by atoms with Gasteiger partial charge >= 0.3 is 0 Å². The van der Waals surface area contributed by atoms with Gasteiger partial charge in [-0.15, -0.1) is 0 Å². The van der Waals surface area contributed by atoms with Crippen LogP contribution in [0, 0.1) is 0 Å². The number of ether oxygens (including phenoxy) is 1. The van der Waals surface area contributed by atoms with Gasteiger partial charge in [0, 0.05) is 29.1 Å². The van der Waals surface area contributed by atoms with Gasteiger partial charge < -0.3 is 14.5 Å². The Bertz CT molecular complexity index is 1740. The molecule has 0 bridgehead atoms. The first-order chi connectivity index (χ1) is 20.7. The minimum atomic E-state index is 0.595.